The van der Waals surface area contributed by atoms with Crippen LogP contribution in [0, 0.1) is 0 Å². The topological polar surface area (TPSA) is 89.2 Å². The maximum Gasteiger partial charge on any atom is 0.296 e. The number of benzene rings is 2. The van der Waals surface area contributed by atoms with Crippen molar-refractivity contribution >= 4 is 29.1 Å². The van der Waals surface area contributed by atoms with E-state index in [0.29, 0.717) is 33.4 Å². The molecule has 1 unspecified atom stereocenters. The van der Waals surface area contributed by atoms with Crippen LogP contribution >= 0.6 is 11.6 Å². The van der Waals surface area contributed by atoms with Crippen LogP contribution in [0.4, 0.5) is 0 Å². The van der Waals surface area contributed by atoms with Crippen molar-refractivity contribution in [3.05, 3.63) is 88.3 Å². The van der Waals surface area contributed by atoms with Gasteiger partial charge in [0.2, 0.25) is 0 Å². The van der Waals surface area contributed by atoms with Gasteiger partial charge in [-0.15, -0.1) is 0 Å². The van der Waals surface area contributed by atoms with Crippen molar-refractivity contribution in [2.75, 3.05) is 14.2 Å². The van der Waals surface area contributed by atoms with E-state index in [9.17, 15) is 14.7 Å². The minimum atomic E-state index is -0.930. The number of ketones is 1. The van der Waals surface area contributed by atoms with Gasteiger partial charge in [0.1, 0.15) is 23.0 Å². The molecule has 0 radical (unpaired) electrons. The third kappa shape index (κ3) is 3.83. The number of amides is 1. The van der Waals surface area contributed by atoms with Crippen LogP contribution in [-0.2, 0) is 16.1 Å². The number of methoxy groups -OCH3 is 2. The fourth-order valence-electron chi connectivity index (χ4n) is 3.75. The van der Waals surface area contributed by atoms with Crippen molar-refractivity contribution < 1.29 is 28.6 Å². The Hall–Kier alpha value is -3.71. The Balaban J connectivity index is 1.93. The van der Waals surface area contributed by atoms with E-state index in [-0.39, 0.29) is 17.9 Å². The number of aliphatic hydroxyl groups excluding tert-OH is 1. The van der Waals surface area contributed by atoms with E-state index in [1.54, 1.807) is 54.6 Å². The lowest BCUT2D eigenvalue weighted by molar-refractivity contribution is -0.140. The summed E-state index contributed by atoms with van der Waals surface area (Å²) in [5.41, 5.74) is 0.792. The van der Waals surface area contributed by atoms with Gasteiger partial charge in [-0.3, -0.25) is 9.59 Å². The minimum Gasteiger partial charge on any atom is -0.507 e. The number of ether oxygens (including phenoxy) is 2. The molecule has 2 heterocycles. The molecule has 1 aromatic heterocycles. The van der Waals surface area contributed by atoms with Crippen LogP contribution in [0.3, 0.4) is 0 Å². The summed E-state index contributed by atoms with van der Waals surface area (Å²) in [6.45, 7) is 0.0278. The Morgan fingerprint density at radius 1 is 1.09 bits per heavy atom. The summed E-state index contributed by atoms with van der Waals surface area (Å²) in [6, 6.07) is 13.9. The molecule has 32 heavy (non-hydrogen) atoms. The lowest BCUT2D eigenvalue weighted by Crippen LogP contribution is -2.29. The molecule has 1 aliphatic heterocycles. The molecule has 1 fully saturated rings. The zero-order valence-electron chi connectivity index (χ0n) is 17.4. The largest absolute Gasteiger partial charge is 0.507 e. The van der Waals surface area contributed by atoms with E-state index in [1.807, 2.05) is 0 Å². The molecule has 8 heteroatoms. The van der Waals surface area contributed by atoms with Gasteiger partial charge in [0.05, 0.1) is 38.6 Å². The summed E-state index contributed by atoms with van der Waals surface area (Å²) in [5, 5.41) is 11.6. The predicted molar refractivity (Wildman–Crippen MR) is 118 cm³/mol. The third-order valence-corrected chi connectivity index (χ3v) is 5.55. The molecule has 0 aliphatic carbocycles. The van der Waals surface area contributed by atoms with Gasteiger partial charge in [0.25, 0.3) is 11.7 Å². The number of likely N-dealkylation sites (tertiary alicyclic amines) is 1. The molecule has 1 atom stereocenters. The summed E-state index contributed by atoms with van der Waals surface area (Å²) in [6.07, 6.45) is 1.49. The number of rotatable bonds is 6. The highest BCUT2D eigenvalue weighted by molar-refractivity contribution is 6.46. The van der Waals surface area contributed by atoms with Gasteiger partial charge in [0, 0.05) is 16.1 Å². The zero-order chi connectivity index (χ0) is 22.8. The van der Waals surface area contributed by atoms with Crippen molar-refractivity contribution in [2.45, 2.75) is 12.6 Å². The number of aliphatic hydroxyl groups is 1. The molecular weight excluding hydrogens is 434 g/mol. The lowest BCUT2D eigenvalue weighted by atomic mass is 9.94. The summed E-state index contributed by atoms with van der Waals surface area (Å²) in [5.74, 6) is -0.437. The molecule has 0 spiro atoms. The van der Waals surface area contributed by atoms with Crippen LogP contribution in [0.5, 0.6) is 11.5 Å². The summed E-state index contributed by atoms with van der Waals surface area (Å²) in [4.78, 5) is 27.5. The maximum absolute atomic E-state index is 13.1. The Morgan fingerprint density at radius 3 is 2.47 bits per heavy atom. The van der Waals surface area contributed by atoms with E-state index >= 15 is 0 Å². The van der Waals surface area contributed by atoms with Crippen molar-refractivity contribution in [1.82, 2.24) is 4.90 Å². The summed E-state index contributed by atoms with van der Waals surface area (Å²) < 4.78 is 16.3. The van der Waals surface area contributed by atoms with Gasteiger partial charge >= 0.3 is 0 Å². The van der Waals surface area contributed by atoms with Gasteiger partial charge in [0.15, 0.2) is 0 Å². The highest BCUT2D eigenvalue weighted by Gasteiger charge is 2.47. The number of carbonyl (C=O) groups is 2. The molecule has 4 rings (SSSR count). The number of halogens is 1. The average Bonchev–Trinajstić information content (AvgIpc) is 3.41. The molecule has 7 nitrogen and oxygen atoms in total. The van der Waals surface area contributed by atoms with Crippen molar-refractivity contribution in [3.63, 3.8) is 0 Å². The van der Waals surface area contributed by atoms with Gasteiger partial charge in [-0.25, -0.2) is 0 Å². The normalized spacial score (nSPS) is 17.6. The lowest BCUT2D eigenvalue weighted by Gasteiger charge is -2.26. The maximum atomic E-state index is 13.1. The number of hydrogen-bond acceptors (Lipinski definition) is 6. The van der Waals surface area contributed by atoms with Crippen LogP contribution in [0.1, 0.15) is 22.9 Å². The molecule has 1 saturated heterocycles. The second-order valence-corrected chi connectivity index (χ2v) is 7.56. The molecule has 2 aromatic carbocycles. The van der Waals surface area contributed by atoms with E-state index in [0.717, 1.165) is 0 Å². The van der Waals surface area contributed by atoms with E-state index in [2.05, 4.69) is 0 Å². The van der Waals surface area contributed by atoms with Crippen LogP contribution < -0.4 is 9.47 Å². The molecule has 1 aliphatic rings. The molecular formula is C24H20ClNO6. The Bertz CT molecular complexity index is 1180. The number of Topliss-reactive ketones (excluding diaryl/α,β-unsaturated/α-hetero) is 1. The molecule has 0 bridgehead atoms. The number of carbonyl (C=O) groups excluding carboxylic acids is 2. The number of hydrogen-bond donors (Lipinski definition) is 1. The van der Waals surface area contributed by atoms with Gasteiger partial charge in [-0.1, -0.05) is 11.6 Å². The van der Waals surface area contributed by atoms with E-state index < -0.39 is 17.7 Å². The Labute approximate surface area is 189 Å². The third-order valence-electron chi connectivity index (χ3n) is 5.30. The monoisotopic (exact) mass is 453 g/mol. The Morgan fingerprint density at radius 2 is 1.84 bits per heavy atom. The fraction of sp³-hybridized carbons (Fsp3) is 0.167. The van der Waals surface area contributed by atoms with Gasteiger partial charge in [-0.2, -0.15) is 0 Å². The predicted octanol–water partition coefficient (Wildman–Crippen LogP) is 4.57. The summed E-state index contributed by atoms with van der Waals surface area (Å²) >= 11 is 5.96. The van der Waals surface area contributed by atoms with Gasteiger partial charge < -0.3 is 23.9 Å². The molecule has 164 valence electrons. The van der Waals surface area contributed by atoms with Crippen molar-refractivity contribution in [1.29, 1.82) is 0 Å². The Kier molecular flexibility index (Phi) is 5.92. The van der Waals surface area contributed by atoms with E-state index in [4.69, 9.17) is 25.5 Å². The van der Waals surface area contributed by atoms with Crippen LogP contribution in [0.25, 0.3) is 5.76 Å². The molecule has 3 aromatic rings. The summed E-state index contributed by atoms with van der Waals surface area (Å²) in [7, 11) is 3.00. The second kappa shape index (κ2) is 8.80. The molecule has 0 saturated carbocycles. The minimum absolute atomic E-state index is 0.0278. The zero-order valence-corrected chi connectivity index (χ0v) is 18.1. The number of furan rings is 1. The second-order valence-electron chi connectivity index (χ2n) is 7.12. The van der Waals surface area contributed by atoms with E-state index in [1.165, 1.54) is 25.4 Å². The van der Waals surface area contributed by atoms with Crippen molar-refractivity contribution in [3.8, 4) is 11.5 Å². The smallest absolute Gasteiger partial charge is 0.296 e. The quantitative estimate of drug-likeness (QED) is 0.334. The first-order chi connectivity index (χ1) is 15.4. The van der Waals surface area contributed by atoms with Crippen LogP contribution in [0.15, 0.2) is 70.9 Å². The standard InChI is InChI=1S/C24H20ClNO6/c1-30-16-9-10-19(31-2)18(12-16)21-20(22(27)14-5-7-15(25)8-6-14)23(28)24(29)26(21)13-17-4-3-11-32-17/h3-12,21,27H,13H2,1-2H3/b22-20+. The molecule has 1 N–H and O–H groups in total. The fourth-order valence-corrected chi connectivity index (χ4v) is 3.88. The first-order valence-electron chi connectivity index (χ1n) is 9.73. The SMILES string of the molecule is COc1ccc(OC)c(C2/C(=C(\O)c3ccc(Cl)cc3)C(=O)C(=O)N2Cc2ccco2)c1. The number of nitrogens with zero attached hydrogens (tertiary/aromatic N) is 1. The first kappa shape index (κ1) is 21.5. The first-order valence-corrected chi connectivity index (χ1v) is 10.1. The van der Waals surface area contributed by atoms with Gasteiger partial charge in [-0.05, 0) is 54.6 Å². The highest BCUT2D eigenvalue weighted by atomic mass is 35.5. The van der Waals surface area contributed by atoms with Crippen LogP contribution in [0.2, 0.25) is 5.02 Å². The molecule has 1 amide bonds. The van der Waals surface area contributed by atoms with Crippen molar-refractivity contribution in [2.24, 2.45) is 0 Å². The highest BCUT2D eigenvalue weighted by Crippen LogP contribution is 2.44. The van der Waals surface area contributed by atoms with Crippen LogP contribution in [-0.4, -0.2) is 35.9 Å². The average molecular weight is 454 g/mol.